The Labute approximate surface area is 290 Å². The molecule has 0 spiro atoms. The second kappa shape index (κ2) is 12.2. The molecule has 49 heavy (non-hydrogen) atoms. The van der Waals surface area contributed by atoms with Crippen molar-refractivity contribution in [1.82, 2.24) is 19.5 Å². The Kier molecular flexibility index (Phi) is 6.09. The average Bonchev–Trinajstić information content (AvgIpc) is 3.59. The largest absolute Gasteiger partial charge is 0.278 e. The lowest BCUT2D eigenvalue weighted by Gasteiger charge is -2.11. The quantitative estimate of drug-likeness (QED) is 0.184. The van der Waals surface area contributed by atoms with Crippen molar-refractivity contribution < 1.29 is 5.48 Å². The zero-order valence-electron chi connectivity index (χ0n) is 30.3. The van der Waals surface area contributed by atoms with Crippen molar-refractivity contribution in [3.63, 3.8) is 0 Å². The Morgan fingerprint density at radius 3 is 1.45 bits per heavy atom. The molecular formula is C45H30N4. The van der Waals surface area contributed by atoms with Crippen LogP contribution in [0.3, 0.4) is 0 Å². The molecule has 4 nitrogen and oxygen atoms in total. The second-order valence-corrected chi connectivity index (χ2v) is 11.8. The molecule has 0 N–H and O–H groups in total. The Bertz CT molecular complexity index is 2790. The molecule has 0 amide bonds. The van der Waals surface area contributed by atoms with E-state index in [4.69, 9.17) is 17.7 Å². The molecule has 9 rings (SSSR count). The maximum atomic E-state index is 9.20. The lowest BCUT2D eigenvalue weighted by molar-refractivity contribution is 0.953. The minimum Gasteiger partial charge on any atom is -0.278 e. The first-order valence-corrected chi connectivity index (χ1v) is 16.1. The number of para-hydroxylation sites is 1. The lowest BCUT2D eigenvalue weighted by atomic mass is 9.97. The number of hydrogen-bond acceptors (Lipinski definition) is 3. The summed E-state index contributed by atoms with van der Waals surface area (Å²) in [4.78, 5) is 15.0. The molecular weight excluding hydrogens is 597 g/mol. The average molecular weight is 631 g/mol. The van der Waals surface area contributed by atoms with Crippen LogP contribution < -0.4 is 0 Å². The van der Waals surface area contributed by atoms with E-state index in [2.05, 4.69) is 48.5 Å². The third-order valence-electron chi connectivity index (χ3n) is 8.83. The van der Waals surface area contributed by atoms with Gasteiger partial charge in [-0.1, -0.05) is 170 Å². The van der Waals surface area contributed by atoms with Gasteiger partial charge in [0.15, 0.2) is 11.6 Å². The Hall–Kier alpha value is -6.65. The molecule has 0 aliphatic carbocycles. The third kappa shape index (κ3) is 5.26. The molecule has 2 heterocycles. The fourth-order valence-electron chi connectivity index (χ4n) is 6.44. The van der Waals surface area contributed by atoms with E-state index in [0.29, 0.717) is 33.5 Å². The van der Waals surface area contributed by atoms with Crippen molar-refractivity contribution in [3.05, 3.63) is 182 Å². The zero-order valence-corrected chi connectivity index (χ0v) is 26.3. The van der Waals surface area contributed by atoms with Gasteiger partial charge in [-0.3, -0.25) is 4.57 Å². The molecule has 0 aliphatic heterocycles. The first-order chi connectivity index (χ1) is 26.0. The molecule has 7 aromatic carbocycles. The summed E-state index contributed by atoms with van der Waals surface area (Å²) in [6, 6.07) is 51.3. The van der Waals surface area contributed by atoms with Crippen LogP contribution in [-0.4, -0.2) is 19.5 Å². The maximum absolute atomic E-state index is 9.20. The summed E-state index contributed by atoms with van der Waals surface area (Å²) in [6.07, 6.45) is 0. The van der Waals surface area contributed by atoms with Gasteiger partial charge >= 0.3 is 0 Å². The van der Waals surface area contributed by atoms with Crippen LogP contribution in [0.5, 0.6) is 0 Å². The predicted molar refractivity (Wildman–Crippen MR) is 201 cm³/mol. The molecule has 4 heteroatoms. The summed E-state index contributed by atoms with van der Waals surface area (Å²) >= 11 is 0. The van der Waals surface area contributed by atoms with Crippen LogP contribution in [0.2, 0.25) is 0 Å². The monoisotopic (exact) mass is 630 g/mol. The van der Waals surface area contributed by atoms with Crippen molar-refractivity contribution in [2.45, 2.75) is 0 Å². The van der Waals surface area contributed by atoms with Gasteiger partial charge < -0.3 is 0 Å². The summed E-state index contributed by atoms with van der Waals surface area (Å²) < 4.78 is 37.5. The van der Waals surface area contributed by atoms with Crippen LogP contribution in [0.15, 0.2) is 182 Å². The second-order valence-electron chi connectivity index (χ2n) is 11.8. The van der Waals surface area contributed by atoms with Crippen molar-refractivity contribution in [1.29, 1.82) is 0 Å². The van der Waals surface area contributed by atoms with Gasteiger partial charge in [-0.25, -0.2) is 4.98 Å². The van der Waals surface area contributed by atoms with E-state index in [-0.39, 0.29) is 30.1 Å². The minimum atomic E-state index is -0.325. The molecule has 9 aromatic rings. The molecule has 0 radical (unpaired) electrons. The summed E-state index contributed by atoms with van der Waals surface area (Å²) in [5.41, 5.74) is 8.65. The topological polar surface area (TPSA) is 43.6 Å². The van der Waals surface area contributed by atoms with Crippen molar-refractivity contribution in [3.8, 4) is 62.1 Å². The molecule has 2 aromatic heterocycles. The SMILES string of the molecule is [2H]c1c([2H])c([2H])c2c(c1[2H])c1c(-c3ccc(-c4ccccc4)cc3)cccc1n2-c1nc(-c2ccccc2)nc(-c2ccc(-c3ccccc3)cc2)n1. The highest BCUT2D eigenvalue weighted by molar-refractivity contribution is 6.15. The normalized spacial score (nSPS) is 12.4. The van der Waals surface area contributed by atoms with Crippen molar-refractivity contribution in [2.75, 3.05) is 0 Å². The molecule has 0 fully saturated rings. The third-order valence-corrected chi connectivity index (χ3v) is 8.83. The van der Waals surface area contributed by atoms with Gasteiger partial charge in [-0.2, -0.15) is 9.97 Å². The summed E-state index contributed by atoms with van der Waals surface area (Å²) in [5.74, 6) is 1.14. The molecule has 0 bridgehead atoms. The Morgan fingerprint density at radius 1 is 0.388 bits per heavy atom. The molecule has 230 valence electrons. The van der Waals surface area contributed by atoms with E-state index in [1.54, 1.807) is 4.57 Å². The highest BCUT2D eigenvalue weighted by atomic mass is 15.2. The van der Waals surface area contributed by atoms with E-state index in [1.165, 1.54) is 0 Å². The molecule has 0 atom stereocenters. The Morgan fingerprint density at radius 2 is 0.857 bits per heavy atom. The summed E-state index contributed by atoms with van der Waals surface area (Å²) in [7, 11) is 0. The van der Waals surface area contributed by atoms with E-state index in [0.717, 1.165) is 44.5 Å². The van der Waals surface area contributed by atoms with Gasteiger partial charge in [0.2, 0.25) is 5.95 Å². The van der Waals surface area contributed by atoms with Gasteiger partial charge in [0.05, 0.1) is 16.5 Å². The fraction of sp³-hybridized carbons (Fsp3) is 0. The molecule has 0 unspecified atom stereocenters. The van der Waals surface area contributed by atoms with E-state index >= 15 is 0 Å². The van der Waals surface area contributed by atoms with Gasteiger partial charge in [0.25, 0.3) is 0 Å². The molecule has 0 saturated heterocycles. The lowest BCUT2D eigenvalue weighted by Crippen LogP contribution is -2.06. The van der Waals surface area contributed by atoms with Crippen LogP contribution in [0.4, 0.5) is 0 Å². The standard InChI is InChI=1S/C45H30N4/c1-4-13-31(14-5-1)33-23-27-35(28-24-33)38-20-12-22-41-42(38)39-19-10-11-21-40(39)49(41)45-47-43(36-17-8-3-9-18-36)46-44(48-45)37-29-25-34(26-30-37)32-15-6-2-7-16-32/h1-30H/i10D,11D,19D,21D. The number of fused-ring (bicyclic) bond motifs is 3. The summed E-state index contributed by atoms with van der Waals surface area (Å²) in [6.45, 7) is 0. The number of nitrogens with zero attached hydrogens (tertiary/aromatic N) is 4. The number of aromatic nitrogens is 4. The van der Waals surface area contributed by atoms with Crippen LogP contribution in [0, 0.1) is 0 Å². The summed E-state index contributed by atoms with van der Waals surface area (Å²) in [5, 5.41) is 1.10. The van der Waals surface area contributed by atoms with Crippen molar-refractivity contribution in [2.24, 2.45) is 0 Å². The van der Waals surface area contributed by atoms with Gasteiger partial charge in [-0.05, 0) is 45.5 Å². The minimum absolute atomic E-state index is 0.118. The van der Waals surface area contributed by atoms with Gasteiger partial charge in [-0.15, -0.1) is 0 Å². The maximum Gasteiger partial charge on any atom is 0.238 e. The number of rotatable bonds is 6. The smallest absolute Gasteiger partial charge is 0.238 e. The highest BCUT2D eigenvalue weighted by Gasteiger charge is 2.20. The van der Waals surface area contributed by atoms with Crippen LogP contribution in [-0.2, 0) is 0 Å². The first kappa shape index (κ1) is 24.5. The van der Waals surface area contributed by atoms with Gasteiger partial charge in [0, 0.05) is 21.9 Å². The predicted octanol–water partition coefficient (Wildman–Crippen LogP) is 11.3. The van der Waals surface area contributed by atoms with Crippen LogP contribution in [0.25, 0.3) is 83.9 Å². The molecule has 0 aliphatic rings. The molecule has 0 saturated carbocycles. The zero-order chi connectivity index (χ0) is 36.1. The number of hydrogen-bond donors (Lipinski definition) is 0. The van der Waals surface area contributed by atoms with Gasteiger partial charge in [0.1, 0.15) is 0 Å². The van der Waals surface area contributed by atoms with Crippen LogP contribution >= 0.6 is 0 Å². The van der Waals surface area contributed by atoms with E-state index in [1.807, 2.05) is 109 Å². The van der Waals surface area contributed by atoms with E-state index < -0.39 is 0 Å². The Balaban J connectivity index is 1.30. The van der Waals surface area contributed by atoms with Crippen molar-refractivity contribution >= 4 is 21.8 Å². The first-order valence-electron chi connectivity index (χ1n) is 18.1. The number of benzene rings is 7. The van der Waals surface area contributed by atoms with E-state index in [9.17, 15) is 2.74 Å². The highest BCUT2D eigenvalue weighted by Crippen LogP contribution is 2.39. The fourth-order valence-corrected chi connectivity index (χ4v) is 6.44. The van der Waals surface area contributed by atoms with Crippen LogP contribution in [0.1, 0.15) is 5.48 Å².